The van der Waals surface area contributed by atoms with Gasteiger partial charge in [0.05, 0.1) is 11.6 Å². The normalized spacial score (nSPS) is 14.5. The predicted molar refractivity (Wildman–Crippen MR) is 88.3 cm³/mol. The lowest BCUT2D eigenvalue weighted by Crippen LogP contribution is -2.05. The van der Waals surface area contributed by atoms with Gasteiger partial charge in [-0.1, -0.05) is 35.9 Å². The lowest BCUT2D eigenvalue weighted by molar-refractivity contribution is 0.679. The summed E-state index contributed by atoms with van der Waals surface area (Å²) in [4.78, 5) is 0. The van der Waals surface area contributed by atoms with Crippen molar-refractivity contribution in [2.45, 2.75) is 32.1 Å². The highest BCUT2D eigenvalue weighted by Gasteiger charge is 2.06. The van der Waals surface area contributed by atoms with Gasteiger partial charge in [0.25, 0.3) is 0 Å². The van der Waals surface area contributed by atoms with E-state index in [9.17, 15) is 5.26 Å². The fourth-order valence-corrected chi connectivity index (χ4v) is 3.04. The molecule has 0 spiro atoms. The highest BCUT2D eigenvalue weighted by molar-refractivity contribution is 5.97. The van der Waals surface area contributed by atoms with Crippen molar-refractivity contribution in [2.75, 3.05) is 11.9 Å². The Morgan fingerprint density at radius 3 is 2.67 bits per heavy atom. The third kappa shape index (κ3) is 3.08. The highest BCUT2D eigenvalue weighted by atomic mass is 14.9. The van der Waals surface area contributed by atoms with Crippen LogP contribution < -0.4 is 5.32 Å². The number of nitrogens with one attached hydrogen (secondary N) is 1. The number of nitrogens with zero attached hydrogens (tertiary/aromatic N) is 1. The molecule has 0 aromatic heterocycles. The quantitative estimate of drug-likeness (QED) is 0.796. The highest BCUT2D eigenvalue weighted by Crippen LogP contribution is 2.27. The third-order valence-electron chi connectivity index (χ3n) is 4.19. The van der Waals surface area contributed by atoms with Gasteiger partial charge in [0.2, 0.25) is 0 Å². The van der Waals surface area contributed by atoms with Gasteiger partial charge in [-0.25, -0.2) is 0 Å². The molecule has 0 aliphatic heterocycles. The fourth-order valence-electron chi connectivity index (χ4n) is 3.04. The molecule has 2 aromatic rings. The van der Waals surface area contributed by atoms with Crippen molar-refractivity contribution < 1.29 is 0 Å². The molecule has 1 N–H and O–H groups in total. The maximum atomic E-state index is 9.19. The second-order valence-corrected chi connectivity index (χ2v) is 5.60. The monoisotopic (exact) mass is 276 g/mol. The minimum atomic E-state index is 0.742. The Bertz CT molecular complexity index is 707. The van der Waals surface area contributed by atoms with E-state index in [2.05, 4.69) is 23.5 Å². The average molecular weight is 276 g/mol. The van der Waals surface area contributed by atoms with E-state index in [0.717, 1.165) is 35.0 Å². The van der Waals surface area contributed by atoms with Gasteiger partial charge in [0.1, 0.15) is 0 Å². The van der Waals surface area contributed by atoms with Crippen molar-refractivity contribution in [1.29, 1.82) is 5.26 Å². The number of hydrogen-bond acceptors (Lipinski definition) is 2. The van der Waals surface area contributed by atoms with Gasteiger partial charge in [-0.05, 0) is 44.2 Å². The SMILES string of the molecule is N#Cc1ccc(NCCC2=CCCCC2)c2ccccc12. The maximum absolute atomic E-state index is 9.19. The van der Waals surface area contributed by atoms with Crippen molar-refractivity contribution in [3.63, 3.8) is 0 Å². The molecule has 3 rings (SSSR count). The van der Waals surface area contributed by atoms with Gasteiger partial charge in [0.15, 0.2) is 0 Å². The molecule has 0 atom stereocenters. The van der Waals surface area contributed by atoms with Crippen LogP contribution in [-0.2, 0) is 0 Å². The third-order valence-corrected chi connectivity index (χ3v) is 4.19. The molecule has 0 heterocycles. The summed E-state index contributed by atoms with van der Waals surface area (Å²) < 4.78 is 0. The van der Waals surface area contributed by atoms with Crippen LogP contribution in [-0.4, -0.2) is 6.54 Å². The number of fused-ring (bicyclic) bond motifs is 1. The Labute approximate surface area is 126 Å². The summed E-state index contributed by atoms with van der Waals surface area (Å²) in [5, 5.41) is 14.9. The molecular formula is C19H20N2. The average Bonchev–Trinajstić information content (AvgIpc) is 2.56. The van der Waals surface area contributed by atoms with E-state index in [1.165, 1.54) is 25.7 Å². The van der Waals surface area contributed by atoms with Crippen LogP contribution in [0.2, 0.25) is 0 Å². The Morgan fingerprint density at radius 1 is 1.05 bits per heavy atom. The summed E-state index contributed by atoms with van der Waals surface area (Å²) in [6.45, 7) is 0.960. The molecule has 2 nitrogen and oxygen atoms in total. The van der Waals surface area contributed by atoms with Gasteiger partial charge < -0.3 is 5.32 Å². The number of benzene rings is 2. The minimum Gasteiger partial charge on any atom is -0.384 e. The molecule has 1 aliphatic rings. The lowest BCUT2D eigenvalue weighted by Gasteiger charge is -2.14. The van der Waals surface area contributed by atoms with Crippen LogP contribution in [0.15, 0.2) is 48.0 Å². The van der Waals surface area contributed by atoms with Crippen molar-refractivity contribution >= 4 is 16.5 Å². The van der Waals surface area contributed by atoms with Crippen LogP contribution in [0.1, 0.15) is 37.7 Å². The van der Waals surface area contributed by atoms with E-state index < -0.39 is 0 Å². The summed E-state index contributed by atoms with van der Waals surface area (Å²) in [7, 11) is 0. The Balaban J connectivity index is 1.75. The molecule has 21 heavy (non-hydrogen) atoms. The molecule has 0 fully saturated rings. The lowest BCUT2D eigenvalue weighted by atomic mass is 9.97. The van der Waals surface area contributed by atoms with Crippen LogP contribution in [0.3, 0.4) is 0 Å². The van der Waals surface area contributed by atoms with Crippen LogP contribution in [0.5, 0.6) is 0 Å². The first kappa shape index (κ1) is 13.7. The first-order valence-corrected chi connectivity index (χ1v) is 7.72. The molecule has 0 bridgehead atoms. The second kappa shape index (κ2) is 6.45. The van der Waals surface area contributed by atoms with Gasteiger partial charge in [-0.15, -0.1) is 0 Å². The minimum absolute atomic E-state index is 0.742. The topological polar surface area (TPSA) is 35.8 Å². The molecule has 1 aliphatic carbocycles. The largest absolute Gasteiger partial charge is 0.384 e. The molecule has 106 valence electrons. The second-order valence-electron chi connectivity index (χ2n) is 5.60. The van der Waals surface area contributed by atoms with Crippen molar-refractivity contribution in [3.05, 3.63) is 53.6 Å². The van der Waals surface area contributed by atoms with Crippen LogP contribution >= 0.6 is 0 Å². The van der Waals surface area contributed by atoms with Crippen molar-refractivity contribution in [1.82, 2.24) is 0 Å². The Morgan fingerprint density at radius 2 is 1.90 bits per heavy atom. The summed E-state index contributed by atoms with van der Waals surface area (Å²) >= 11 is 0. The Kier molecular flexibility index (Phi) is 4.21. The van der Waals surface area contributed by atoms with E-state index in [4.69, 9.17) is 0 Å². The van der Waals surface area contributed by atoms with Gasteiger partial charge >= 0.3 is 0 Å². The maximum Gasteiger partial charge on any atom is 0.0998 e. The van der Waals surface area contributed by atoms with E-state index in [0.29, 0.717) is 0 Å². The van der Waals surface area contributed by atoms with Crippen LogP contribution in [0.4, 0.5) is 5.69 Å². The molecule has 0 saturated heterocycles. The zero-order valence-corrected chi connectivity index (χ0v) is 12.2. The number of rotatable bonds is 4. The summed E-state index contributed by atoms with van der Waals surface area (Å²) in [5.74, 6) is 0. The fraction of sp³-hybridized carbons (Fsp3) is 0.316. The van der Waals surface area contributed by atoms with Gasteiger partial charge in [-0.2, -0.15) is 5.26 Å². The standard InChI is InChI=1S/C19H20N2/c20-14-16-10-11-19(18-9-5-4-8-17(16)18)21-13-12-15-6-2-1-3-7-15/h4-6,8-11,21H,1-3,7,12-13H2. The first-order chi connectivity index (χ1) is 10.4. The zero-order chi connectivity index (χ0) is 14.5. The van der Waals surface area contributed by atoms with E-state index in [1.54, 1.807) is 5.57 Å². The number of anilines is 1. The first-order valence-electron chi connectivity index (χ1n) is 7.72. The smallest absolute Gasteiger partial charge is 0.0998 e. The van der Waals surface area contributed by atoms with E-state index >= 15 is 0 Å². The van der Waals surface area contributed by atoms with Gasteiger partial charge in [-0.3, -0.25) is 0 Å². The molecular weight excluding hydrogens is 256 g/mol. The Hall–Kier alpha value is -2.27. The zero-order valence-electron chi connectivity index (χ0n) is 12.2. The molecule has 2 heteroatoms. The van der Waals surface area contributed by atoms with E-state index in [-0.39, 0.29) is 0 Å². The van der Waals surface area contributed by atoms with Crippen LogP contribution in [0.25, 0.3) is 10.8 Å². The van der Waals surface area contributed by atoms with E-state index in [1.807, 2.05) is 30.3 Å². The summed E-state index contributed by atoms with van der Waals surface area (Å²) in [5.41, 5.74) is 3.46. The van der Waals surface area contributed by atoms with Crippen molar-refractivity contribution in [3.8, 4) is 6.07 Å². The molecule has 0 radical (unpaired) electrons. The number of nitriles is 1. The van der Waals surface area contributed by atoms with Crippen LogP contribution in [0, 0.1) is 11.3 Å². The molecule has 0 amide bonds. The number of allylic oxidation sites excluding steroid dienone is 1. The van der Waals surface area contributed by atoms with Gasteiger partial charge in [0, 0.05) is 23.0 Å². The summed E-state index contributed by atoms with van der Waals surface area (Å²) in [6.07, 6.45) is 8.71. The predicted octanol–water partition coefficient (Wildman–Crippen LogP) is 5.01. The molecule has 2 aromatic carbocycles. The summed E-state index contributed by atoms with van der Waals surface area (Å²) in [6, 6.07) is 14.3. The molecule has 0 unspecified atom stereocenters. The van der Waals surface area contributed by atoms with Crippen molar-refractivity contribution in [2.24, 2.45) is 0 Å². The number of hydrogen-bond donors (Lipinski definition) is 1. The molecule has 0 saturated carbocycles.